The van der Waals surface area contributed by atoms with Crippen molar-refractivity contribution in [1.82, 2.24) is 9.78 Å². The Balaban J connectivity index is 1.46. The third kappa shape index (κ3) is 4.86. The highest BCUT2D eigenvalue weighted by Gasteiger charge is 2.36. The molecule has 3 aromatic rings. The van der Waals surface area contributed by atoms with Crippen LogP contribution in [0.15, 0.2) is 59.6 Å². The van der Waals surface area contributed by atoms with Crippen molar-refractivity contribution in [2.45, 2.75) is 6.18 Å². The van der Waals surface area contributed by atoms with Gasteiger partial charge in [0.2, 0.25) is 5.88 Å². The minimum Gasteiger partial charge on any atom is -0.467 e. The van der Waals surface area contributed by atoms with Crippen molar-refractivity contribution in [3.63, 3.8) is 0 Å². The van der Waals surface area contributed by atoms with Crippen LogP contribution in [0.4, 0.5) is 24.5 Å². The molecule has 166 valence electrons. The van der Waals surface area contributed by atoms with Crippen molar-refractivity contribution in [3.8, 4) is 11.6 Å². The van der Waals surface area contributed by atoms with E-state index in [9.17, 15) is 18.0 Å². The van der Waals surface area contributed by atoms with E-state index in [0.717, 1.165) is 29.5 Å². The van der Waals surface area contributed by atoms with E-state index in [1.165, 1.54) is 12.1 Å². The van der Waals surface area contributed by atoms with E-state index < -0.39 is 24.4 Å². The number of rotatable bonds is 6. The Kier molecular flexibility index (Phi) is 6.04. The number of hydrogen-bond donors (Lipinski definition) is 1. The summed E-state index contributed by atoms with van der Waals surface area (Å²) in [6, 6.07) is 14.1. The highest BCUT2D eigenvalue weighted by atomic mass is 35.5. The van der Waals surface area contributed by atoms with Crippen LogP contribution in [0, 0.1) is 0 Å². The lowest BCUT2D eigenvalue weighted by Crippen LogP contribution is -2.21. The molecule has 4 rings (SSSR count). The Hall–Kier alpha value is -3.53. The predicted molar refractivity (Wildman–Crippen MR) is 115 cm³/mol. The van der Waals surface area contributed by atoms with Gasteiger partial charge in [-0.2, -0.15) is 23.0 Å². The maximum Gasteiger partial charge on any atom is 0.435 e. The highest BCUT2D eigenvalue weighted by molar-refractivity contribution is 6.32. The first-order chi connectivity index (χ1) is 15.3. The van der Waals surface area contributed by atoms with Crippen molar-refractivity contribution in [3.05, 3.63) is 65.3 Å². The van der Waals surface area contributed by atoms with Gasteiger partial charge >= 0.3 is 6.18 Å². The Bertz CT molecular complexity index is 1150. The molecule has 0 saturated heterocycles. The maximum absolute atomic E-state index is 13.2. The van der Waals surface area contributed by atoms with Crippen molar-refractivity contribution in [1.29, 1.82) is 0 Å². The molecule has 0 bridgehead atoms. The molecule has 1 aromatic heterocycles. The predicted octanol–water partition coefficient (Wildman–Crippen LogP) is 4.41. The van der Waals surface area contributed by atoms with E-state index >= 15 is 0 Å². The molecule has 11 heteroatoms. The second-order valence-corrected chi connectivity index (χ2v) is 7.23. The lowest BCUT2D eigenvalue weighted by atomic mass is 10.2. The fourth-order valence-corrected chi connectivity index (χ4v) is 3.27. The molecule has 1 amide bonds. The first kappa shape index (κ1) is 21.7. The van der Waals surface area contributed by atoms with Crippen molar-refractivity contribution in [2.75, 3.05) is 29.9 Å². The summed E-state index contributed by atoms with van der Waals surface area (Å²) in [4.78, 5) is 18.4. The van der Waals surface area contributed by atoms with Crippen LogP contribution >= 0.6 is 11.6 Å². The summed E-state index contributed by atoms with van der Waals surface area (Å²) in [6.07, 6.45) is -2.94. The number of ether oxygens (including phenoxy) is 1. The van der Waals surface area contributed by atoms with Crippen LogP contribution in [0.25, 0.3) is 5.69 Å². The first-order valence-corrected chi connectivity index (χ1v) is 9.90. The summed E-state index contributed by atoms with van der Waals surface area (Å²) in [7, 11) is 0. The van der Waals surface area contributed by atoms with Gasteiger partial charge in [0.05, 0.1) is 23.6 Å². The first-order valence-electron chi connectivity index (χ1n) is 9.53. The number of carbonyl (C=O) groups is 1. The van der Waals surface area contributed by atoms with Gasteiger partial charge < -0.3 is 15.0 Å². The van der Waals surface area contributed by atoms with Gasteiger partial charge in [-0.15, -0.1) is 0 Å². The molecule has 0 fully saturated rings. The van der Waals surface area contributed by atoms with Crippen LogP contribution in [0.2, 0.25) is 5.02 Å². The average Bonchev–Trinajstić information content (AvgIpc) is 3.43. The van der Waals surface area contributed by atoms with E-state index in [-0.39, 0.29) is 16.6 Å². The van der Waals surface area contributed by atoms with E-state index in [0.29, 0.717) is 5.69 Å². The number of benzene rings is 2. The van der Waals surface area contributed by atoms with Crippen LogP contribution in [-0.4, -0.2) is 41.7 Å². The minimum absolute atomic E-state index is 0.182. The number of para-hydroxylation sites is 1. The molecule has 0 radical (unpaired) electrons. The van der Waals surface area contributed by atoms with Crippen LogP contribution in [0.3, 0.4) is 0 Å². The average molecular weight is 464 g/mol. The van der Waals surface area contributed by atoms with E-state index in [1.54, 1.807) is 30.6 Å². The summed E-state index contributed by atoms with van der Waals surface area (Å²) >= 11 is 6.10. The fourth-order valence-electron chi connectivity index (χ4n) is 3.05. The molecule has 0 aliphatic carbocycles. The number of aliphatic imine (C=N–C) groups is 1. The molecule has 1 aliphatic heterocycles. The molecule has 2 heterocycles. The lowest BCUT2D eigenvalue weighted by molar-refractivity contribution is -0.141. The zero-order chi connectivity index (χ0) is 22.7. The fraction of sp³-hybridized carbons (Fsp3) is 0.190. The van der Waals surface area contributed by atoms with Crippen molar-refractivity contribution >= 4 is 35.2 Å². The van der Waals surface area contributed by atoms with Crippen LogP contribution in [0.5, 0.6) is 5.88 Å². The van der Waals surface area contributed by atoms with Crippen LogP contribution in [0.1, 0.15) is 5.69 Å². The van der Waals surface area contributed by atoms with E-state index in [4.69, 9.17) is 16.3 Å². The number of alkyl halides is 3. The standard InChI is InChI=1S/C21H17ClF3N5O2/c22-16-3-1-2-4-17(16)30-20(11-18(28-30)21(23,24)25)32-12-19(31)27-14-5-7-15(8-6-14)29-10-9-26-13-29/h1-8,11,13H,9-10,12H2,(H,27,31). The maximum atomic E-state index is 13.2. The molecule has 2 aromatic carbocycles. The normalized spacial score (nSPS) is 13.4. The minimum atomic E-state index is -4.69. The molecule has 0 atom stereocenters. The summed E-state index contributed by atoms with van der Waals surface area (Å²) in [6.45, 7) is 1.00. The van der Waals surface area contributed by atoms with Gasteiger partial charge in [-0.25, -0.2) is 0 Å². The number of aromatic nitrogens is 2. The third-order valence-corrected chi connectivity index (χ3v) is 4.89. The van der Waals surface area contributed by atoms with E-state index in [1.807, 2.05) is 17.0 Å². The summed E-state index contributed by atoms with van der Waals surface area (Å²) < 4.78 is 45.8. The second-order valence-electron chi connectivity index (χ2n) is 6.83. The largest absolute Gasteiger partial charge is 0.467 e. The van der Waals surface area contributed by atoms with Crippen LogP contribution in [-0.2, 0) is 11.0 Å². The van der Waals surface area contributed by atoms with Gasteiger partial charge in [0, 0.05) is 24.0 Å². The molecular weight excluding hydrogens is 447 g/mol. The molecule has 0 unspecified atom stereocenters. The number of hydrogen-bond acceptors (Lipinski definition) is 5. The van der Waals surface area contributed by atoms with Gasteiger partial charge in [-0.1, -0.05) is 23.7 Å². The molecular formula is C21H17ClF3N5O2. The SMILES string of the molecule is O=C(COc1cc(C(F)(F)F)nn1-c1ccccc1Cl)Nc1ccc(N2C=NCC2)cc1. The van der Waals surface area contributed by atoms with Gasteiger partial charge in [0.1, 0.15) is 0 Å². The Labute approximate surface area is 186 Å². The lowest BCUT2D eigenvalue weighted by Gasteiger charge is -2.14. The second kappa shape index (κ2) is 8.91. The number of anilines is 2. The number of nitrogens with one attached hydrogen (secondary N) is 1. The number of carbonyl (C=O) groups excluding carboxylic acids is 1. The van der Waals surface area contributed by atoms with Crippen LogP contribution < -0.4 is 15.0 Å². The Morgan fingerprint density at radius 2 is 1.91 bits per heavy atom. The number of amides is 1. The summed E-state index contributed by atoms with van der Waals surface area (Å²) in [5.74, 6) is -0.801. The van der Waals surface area contributed by atoms with Gasteiger partial charge in [-0.05, 0) is 36.4 Å². The molecule has 7 nitrogen and oxygen atoms in total. The van der Waals surface area contributed by atoms with E-state index in [2.05, 4.69) is 15.4 Å². The van der Waals surface area contributed by atoms with Gasteiger partial charge in [0.15, 0.2) is 12.3 Å². The molecule has 1 aliphatic rings. The zero-order valence-corrected chi connectivity index (χ0v) is 17.3. The summed E-state index contributed by atoms with van der Waals surface area (Å²) in [5.41, 5.74) is 0.493. The quantitative estimate of drug-likeness (QED) is 0.588. The zero-order valence-electron chi connectivity index (χ0n) is 16.5. The Morgan fingerprint density at radius 3 is 2.56 bits per heavy atom. The molecule has 0 saturated carbocycles. The van der Waals surface area contributed by atoms with Gasteiger partial charge in [0.25, 0.3) is 5.91 Å². The van der Waals surface area contributed by atoms with Crippen molar-refractivity contribution in [2.24, 2.45) is 4.99 Å². The smallest absolute Gasteiger partial charge is 0.435 e. The number of halogens is 4. The Morgan fingerprint density at radius 1 is 1.16 bits per heavy atom. The third-order valence-electron chi connectivity index (χ3n) is 4.57. The summed E-state index contributed by atoms with van der Waals surface area (Å²) in [5, 5.41) is 6.38. The molecule has 0 spiro atoms. The highest BCUT2D eigenvalue weighted by Crippen LogP contribution is 2.33. The number of nitrogens with zero attached hydrogens (tertiary/aromatic N) is 4. The van der Waals surface area contributed by atoms with Gasteiger partial charge in [-0.3, -0.25) is 9.79 Å². The topological polar surface area (TPSA) is 71.8 Å². The molecule has 32 heavy (non-hydrogen) atoms. The monoisotopic (exact) mass is 463 g/mol. The van der Waals surface area contributed by atoms with Crippen molar-refractivity contribution < 1.29 is 22.7 Å². The molecule has 1 N–H and O–H groups in total.